The zero-order valence-electron chi connectivity index (χ0n) is 10.3. The second kappa shape index (κ2) is 5.68. The molecule has 1 fully saturated rings. The van der Waals surface area contributed by atoms with E-state index in [-0.39, 0.29) is 11.8 Å². The van der Waals surface area contributed by atoms with Crippen LogP contribution in [0.15, 0.2) is 11.6 Å². The number of carbonyl (C=O) groups excluding carboxylic acids is 2. The van der Waals surface area contributed by atoms with Crippen molar-refractivity contribution in [3.05, 3.63) is 11.6 Å². The molecule has 0 bridgehead atoms. The number of hydrogen-bond donors (Lipinski definition) is 0. The quantitative estimate of drug-likeness (QED) is 0.657. The minimum atomic E-state index is 0.0907. The van der Waals surface area contributed by atoms with Gasteiger partial charge in [-0.1, -0.05) is 13.0 Å². The lowest BCUT2D eigenvalue weighted by molar-refractivity contribution is -0.136. The fraction of sp³-hybridized carbons (Fsp3) is 0.667. The molecule has 0 aromatic carbocycles. The maximum Gasteiger partial charge on any atom is 0.249 e. The van der Waals surface area contributed by atoms with Crippen LogP contribution in [0.25, 0.3) is 0 Å². The number of carbonyl (C=O) groups is 2. The van der Waals surface area contributed by atoms with Gasteiger partial charge in [0, 0.05) is 38.7 Å². The van der Waals surface area contributed by atoms with Crippen LogP contribution >= 0.6 is 0 Å². The molecular weight excluding hydrogens is 204 g/mol. The van der Waals surface area contributed by atoms with Gasteiger partial charge in [0.2, 0.25) is 11.8 Å². The first-order chi connectivity index (χ1) is 7.56. The van der Waals surface area contributed by atoms with E-state index >= 15 is 0 Å². The SMILES string of the molecule is CC/C=C(\C)C(=O)N1CCN(C(C)=O)CC1. The van der Waals surface area contributed by atoms with Crippen LogP contribution in [-0.2, 0) is 9.59 Å². The Hall–Kier alpha value is -1.32. The van der Waals surface area contributed by atoms with Crippen LogP contribution in [0.3, 0.4) is 0 Å². The van der Waals surface area contributed by atoms with Gasteiger partial charge in [-0.25, -0.2) is 0 Å². The number of allylic oxidation sites excluding steroid dienone is 1. The minimum Gasteiger partial charge on any atom is -0.339 e. The summed E-state index contributed by atoms with van der Waals surface area (Å²) in [6, 6.07) is 0. The maximum absolute atomic E-state index is 11.9. The molecule has 0 aliphatic carbocycles. The fourth-order valence-electron chi connectivity index (χ4n) is 1.87. The van der Waals surface area contributed by atoms with Gasteiger partial charge in [-0.15, -0.1) is 0 Å². The second-order valence-corrected chi connectivity index (χ2v) is 4.09. The van der Waals surface area contributed by atoms with E-state index in [2.05, 4.69) is 0 Å². The molecule has 16 heavy (non-hydrogen) atoms. The first-order valence-corrected chi connectivity index (χ1v) is 5.77. The zero-order valence-corrected chi connectivity index (χ0v) is 10.3. The summed E-state index contributed by atoms with van der Waals surface area (Å²) in [5, 5.41) is 0. The predicted octanol–water partition coefficient (Wildman–Crippen LogP) is 1.03. The number of amides is 2. The normalized spacial score (nSPS) is 17.6. The zero-order chi connectivity index (χ0) is 12.1. The van der Waals surface area contributed by atoms with Crippen molar-refractivity contribution in [2.24, 2.45) is 0 Å². The lowest BCUT2D eigenvalue weighted by atomic mass is 10.2. The molecule has 0 N–H and O–H groups in total. The van der Waals surface area contributed by atoms with E-state index in [1.54, 1.807) is 11.8 Å². The minimum absolute atomic E-state index is 0.0907. The fourth-order valence-corrected chi connectivity index (χ4v) is 1.87. The van der Waals surface area contributed by atoms with Gasteiger partial charge in [-0.2, -0.15) is 0 Å². The second-order valence-electron chi connectivity index (χ2n) is 4.09. The third kappa shape index (κ3) is 3.08. The summed E-state index contributed by atoms with van der Waals surface area (Å²) in [6.45, 7) is 8.04. The number of rotatable bonds is 2. The van der Waals surface area contributed by atoms with Gasteiger partial charge >= 0.3 is 0 Å². The molecule has 1 rings (SSSR count). The average molecular weight is 224 g/mol. The summed E-state index contributed by atoms with van der Waals surface area (Å²) < 4.78 is 0. The summed E-state index contributed by atoms with van der Waals surface area (Å²) in [4.78, 5) is 26.6. The van der Waals surface area contributed by atoms with Crippen LogP contribution in [0.5, 0.6) is 0 Å². The van der Waals surface area contributed by atoms with E-state index in [1.165, 1.54) is 0 Å². The van der Waals surface area contributed by atoms with Crippen molar-refractivity contribution >= 4 is 11.8 Å². The Balaban J connectivity index is 2.51. The van der Waals surface area contributed by atoms with Crippen LogP contribution in [0, 0.1) is 0 Å². The van der Waals surface area contributed by atoms with E-state index in [1.807, 2.05) is 24.8 Å². The van der Waals surface area contributed by atoms with Crippen LogP contribution in [0.2, 0.25) is 0 Å². The molecule has 0 atom stereocenters. The van der Waals surface area contributed by atoms with Gasteiger partial charge in [0.05, 0.1) is 0 Å². The van der Waals surface area contributed by atoms with Gasteiger partial charge in [0.25, 0.3) is 0 Å². The molecule has 4 heteroatoms. The van der Waals surface area contributed by atoms with E-state index in [0.717, 1.165) is 12.0 Å². The summed E-state index contributed by atoms with van der Waals surface area (Å²) in [6.07, 6.45) is 2.82. The van der Waals surface area contributed by atoms with Crippen LogP contribution in [0.4, 0.5) is 0 Å². The van der Waals surface area contributed by atoms with E-state index in [4.69, 9.17) is 0 Å². The van der Waals surface area contributed by atoms with Gasteiger partial charge < -0.3 is 9.80 Å². The Bertz CT molecular complexity index is 302. The topological polar surface area (TPSA) is 40.6 Å². The molecule has 1 aliphatic rings. The van der Waals surface area contributed by atoms with Crippen LogP contribution in [-0.4, -0.2) is 47.8 Å². The summed E-state index contributed by atoms with van der Waals surface area (Å²) in [5.74, 6) is 0.193. The molecule has 0 aromatic rings. The molecule has 0 unspecified atom stereocenters. The molecule has 1 saturated heterocycles. The van der Waals surface area contributed by atoms with E-state index in [9.17, 15) is 9.59 Å². The van der Waals surface area contributed by atoms with E-state index < -0.39 is 0 Å². The smallest absolute Gasteiger partial charge is 0.249 e. The van der Waals surface area contributed by atoms with Gasteiger partial charge in [-0.05, 0) is 13.3 Å². The van der Waals surface area contributed by atoms with Crippen molar-refractivity contribution in [2.75, 3.05) is 26.2 Å². The van der Waals surface area contributed by atoms with Gasteiger partial charge in [0.15, 0.2) is 0 Å². The standard InChI is InChI=1S/C12H20N2O2/c1-4-5-10(2)12(16)14-8-6-13(7-9-14)11(3)15/h5H,4,6-9H2,1-3H3/b10-5+. The molecule has 90 valence electrons. The Kier molecular flexibility index (Phi) is 4.52. The highest BCUT2D eigenvalue weighted by molar-refractivity contribution is 5.93. The molecule has 2 amide bonds. The molecule has 0 radical (unpaired) electrons. The average Bonchev–Trinajstić information content (AvgIpc) is 2.28. The molecule has 0 aromatic heterocycles. The number of piperazine rings is 1. The van der Waals surface area contributed by atoms with Gasteiger partial charge in [0.1, 0.15) is 0 Å². The summed E-state index contributed by atoms with van der Waals surface area (Å²) in [5.41, 5.74) is 0.804. The largest absolute Gasteiger partial charge is 0.339 e. The lowest BCUT2D eigenvalue weighted by Crippen LogP contribution is -2.50. The highest BCUT2D eigenvalue weighted by Gasteiger charge is 2.22. The highest BCUT2D eigenvalue weighted by Crippen LogP contribution is 2.07. The van der Waals surface area contributed by atoms with Crippen molar-refractivity contribution in [1.29, 1.82) is 0 Å². The third-order valence-corrected chi connectivity index (χ3v) is 2.86. The molecule has 0 saturated carbocycles. The molecule has 4 nitrogen and oxygen atoms in total. The Morgan fingerprint density at radius 3 is 2.00 bits per heavy atom. The van der Waals surface area contributed by atoms with Crippen molar-refractivity contribution in [3.63, 3.8) is 0 Å². The van der Waals surface area contributed by atoms with Gasteiger partial charge in [-0.3, -0.25) is 9.59 Å². The first kappa shape index (κ1) is 12.7. The highest BCUT2D eigenvalue weighted by atomic mass is 16.2. The van der Waals surface area contributed by atoms with Crippen molar-refractivity contribution in [1.82, 2.24) is 9.80 Å². The first-order valence-electron chi connectivity index (χ1n) is 5.77. The lowest BCUT2D eigenvalue weighted by Gasteiger charge is -2.34. The number of hydrogen-bond acceptors (Lipinski definition) is 2. The molecule has 0 spiro atoms. The van der Waals surface area contributed by atoms with Crippen molar-refractivity contribution in [2.45, 2.75) is 27.2 Å². The summed E-state index contributed by atoms with van der Waals surface area (Å²) >= 11 is 0. The molecule has 1 aliphatic heterocycles. The van der Waals surface area contributed by atoms with Crippen molar-refractivity contribution in [3.8, 4) is 0 Å². The Morgan fingerprint density at radius 1 is 1.06 bits per heavy atom. The van der Waals surface area contributed by atoms with Crippen LogP contribution < -0.4 is 0 Å². The monoisotopic (exact) mass is 224 g/mol. The summed E-state index contributed by atoms with van der Waals surface area (Å²) in [7, 11) is 0. The van der Waals surface area contributed by atoms with Crippen LogP contribution in [0.1, 0.15) is 27.2 Å². The third-order valence-electron chi connectivity index (χ3n) is 2.86. The maximum atomic E-state index is 11.9. The molecule has 1 heterocycles. The Labute approximate surface area is 96.9 Å². The predicted molar refractivity (Wildman–Crippen MR) is 62.9 cm³/mol. The number of nitrogens with zero attached hydrogens (tertiary/aromatic N) is 2. The Morgan fingerprint density at radius 2 is 1.56 bits per heavy atom. The van der Waals surface area contributed by atoms with Crippen molar-refractivity contribution < 1.29 is 9.59 Å². The van der Waals surface area contributed by atoms with E-state index in [0.29, 0.717) is 26.2 Å². The molecular formula is C12H20N2O2.